The van der Waals surface area contributed by atoms with E-state index in [0.717, 1.165) is 13.5 Å². The minimum Gasteiger partial charge on any atom is -0.550 e. The molecule has 0 aliphatic heterocycles. The van der Waals surface area contributed by atoms with Gasteiger partial charge in [0.15, 0.2) is 0 Å². The van der Waals surface area contributed by atoms with Crippen molar-refractivity contribution in [3.05, 3.63) is 31.4 Å². The number of carbonyl (C=O) groups excluding carboxylic acids is 1. The van der Waals surface area contributed by atoms with Crippen molar-refractivity contribution >= 4 is 5.97 Å². The summed E-state index contributed by atoms with van der Waals surface area (Å²) in [5, 5.41) is 8.89. The molecule has 0 aromatic carbocycles. The number of carboxylic acids is 1. The molecule has 0 fully saturated rings. The van der Waals surface area contributed by atoms with E-state index in [1.807, 2.05) is 36.4 Å². The first kappa shape index (κ1) is 11.4. The number of imidazole rings is 1. The molecule has 0 spiro atoms. The second-order valence-electron chi connectivity index (χ2n) is 2.56. The molecule has 0 saturated heterocycles. The predicted molar refractivity (Wildman–Crippen MR) is 46.5 cm³/mol. The summed E-state index contributed by atoms with van der Waals surface area (Å²) in [7, 11) is 2.00. The summed E-state index contributed by atoms with van der Waals surface area (Å²) < 4.78 is 4.07. The standard InChI is InChI=1S/C7H11N2.C2H4O2/c1-3-4-9-6-5-8(2)7-9;1-2(3)4/h3,5-7H,1,4H2,2H3;1H3,(H,3,4)/q+1;/p-1. The minimum absolute atomic E-state index is 0.890. The molecule has 0 N–H and O–H groups in total. The summed E-state index contributed by atoms with van der Waals surface area (Å²) in [4.78, 5) is 8.89. The summed E-state index contributed by atoms with van der Waals surface area (Å²) in [5.74, 6) is -1.08. The zero-order valence-electron chi connectivity index (χ0n) is 7.93. The van der Waals surface area contributed by atoms with E-state index in [1.54, 1.807) is 0 Å². The average Bonchev–Trinajstić information content (AvgIpc) is 2.35. The third-order valence-corrected chi connectivity index (χ3v) is 1.16. The van der Waals surface area contributed by atoms with Crippen molar-refractivity contribution < 1.29 is 14.5 Å². The Hall–Kier alpha value is -1.58. The fourth-order valence-corrected chi connectivity index (χ4v) is 0.759. The van der Waals surface area contributed by atoms with Crippen LogP contribution < -0.4 is 9.67 Å². The monoisotopic (exact) mass is 182 g/mol. The molecule has 13 heavy (non-hydrogen) atoms. The molecule has 0 amide bonds. The molecule has 0 bridgehead atoms. The van der Waals surface area contributed by atoms with Gasteiger partial charge in [-0.05, 0) is 6.92 Å². The lowest BCUT2D eigenvalue weighted by Crippen LogP contribution is -2.29. The Balaban J connectivity index is 0.000000310. The normalized spacial score (nSPS) is 8.46. The number of aromatic nitrogens is 2. The Morgan fingerprint density at radius 1 is 1.77 bits per heavy atom. The van der Waals surface area contributed by atoms with Crippen molar-refractivity contribution in [1.82, 2.24) is 4.57 Å². The van der Waals surface area contributed by atoms with Crippen molar-refractivity contribution in [3.8, 4) is 0 Å². The zero-order chi connectivity index (χ0) is 10.3. The molecule has 0 aliphatic carbocycles. The zero-order valence-corrected chi connectivity index (χ0v) is 7.93. The Labute approximate surface area is 77.7 Å². The highest BCUT2D eigenvalue weighted by atomic mass is 16.4. The first-order chi connectivity index (χ1) is 6.06. The van der Waals surface area contributed by atoms with Crippen LogP contribution >= 0.6 is 0 Å². The Morgan fingerprint density at radius 2 is 2.31 bits per heavy atom. The van der Waals surface area contributed by atoms with Gasteiger partial charge in [0.05, 0.1) is 7.05 Å². The van der Waals surface area contributed by atoms with Gasteiger partial charge in [-0.15, -0.1) is 0 Å². The van der Waals surface area contributed by atoms with Crippen LogP contribution in [0.4, 0.5) is 0 Å². The summed E-state index contributed by atoms with van der Waals surface area (Å²) in [6.07, 6.45) is 7.91. The molecule has 0 atom stereocenters. The van der Waals surface area contributed by atoms with Crippen LogP contribution in [-0.4, -0.2) is 10.5 Å². The second kappa shape index (κ2) is 5.99. The third kappa shape index (κ3) is 6.80. The highest BCUT2D eigenvalue weighted by Gasteiger charge is 1.93. The average molecular weight is 182 g/mol. The van der Waals surface area contributed by atoms with Crippen LogP contribution in [0.15, 0.2) is 31.4 Å². The van der Waals surface area contributed by atoms with E-state index >= 15 is 0 Å². The SMILES string of the molecule is C=CC[n+]1ccn(C)c1.CC(=O)[O-]. The fourth-order valence-electron chi connectivity index (χ4n) is 0.759. The van der Waals surface area contributed by atoms with Crippen molar-refractivity contribution in [2.45, 2.75) is 13.5 Å². The van der Waals surface area contributed by atoms with Crippen molar-refractivity contribution in [2.75, 3.05) is 0 Å². The van der Waals surface area contributed by atoms with Crippen LogP contribution in [0.3, 0.4) is 0 Å². The molecule has 1 rings (SSSR count). The highest BCUT2D eigenvalue weighted by Crippen LogP contribution is 1.76. The maximum absolute atomic E-state index is 8.89. The van der Waals surface area contributed by atoms with E-state index in [0.29, 0.717) is 0 Å². The highest BCUT2D eigenvalue weighted by molar-refractivity contribution is 5.60. The minimum atomic E-state index is -1.08. The first-order valence-corrected chi connectivity index (χ1v) is 3.85. The number of hydrogen-bond acceptors (Lipinski definition) is 2. The smallest absolute Gasteiger partial charge is 0.243 e. The van der Waals surface area contributed by atoms with Gasteiger partial charge in [-0.1, -0.05) is 12.7 Å². The quantitative estimate of drug-likeness (QED) is 0.446. The second-order valence-corrected chi connectivity index (χ2v) is 2.56. The molecule has 4 heteroatoms. The Bertz CT molecular complexity index is 275. The maximum Gasteiger partial charge on any atom is 0.243 e. The summed E-state index contributed by atoms with van der Waals surface area (Å²) >= 11 is 0. The summed E-state index contributed by atoms with van der Waals surface area (Å²) in [6.45, 7) is 5.50. The Morgan fingerprint density at radius 3 is 2.62 bits per heavy atom. The third-order valence-electron chi connectivity index (χ3n) is 1.16. The lowest BCUT2D eigenvalue weighted by Gasteiger charge is -1.83. The number of allylic oxidation sites excluding steroid dienone is 1. The van der Waals surface area contributed by atoms with E-state index in [4.69, 9.17) is 9.90 Å². The van der Waals surface area contributed by atoms with Crippen LogP contribution in [0.25, 0.3) is 0 Å². The largest absolute Gasteiger partial charge is 0.550 e. The van der Waals surface area contributed by atoms with Gasteiger partial charge in [-0.3, -0.25) is 0 Å². The molecule has 0 saturated carbocycles. The van der Waals surface area contributed by atoms with Gasteiger partial charge in [0.25, 0.3) is 0 Å². The van der Waals surface area contributed by atoms with Gasteiger partial charge >= 0.3 is 0 Å². The molecule has 4 nitrogen and oxygen atoms in total. The van der Waals surface area contributed by atoms with E-state index in [1.165, 1.54) is 0 Å². The van der Waals surface area contributed by atoms with E-state index < -0.39 is 5.97 Å². The number of carbonyl (C=O) groups is 1. The van der Waals surface area contributed by atoms with Crippen LogP contribution in [0.5, 0.6) is 0 Å². The van der Waals surface area contributed by atoms with Gasteiger partial charge < -0.3 is 9.90 Å². The van der Waals surface area contributed by atoms with Crippen molar-refractivity contribution in [2.24, 2.45) is 7.05 Å². The molecule has 72 valence electrons. The van der Waals surface area contributed by atoms with Gasteiger partial charge in [-0.2, -0.15) is 0 Å². The van der Waals surface area contributed by atoms with Crippen LogP contribution in [-0.2, 0) is 18.4 Å². The first-order valence-electron chi connectivity index (χ1n) is 3.85. The molecule has 1 aromatic heterocycles. The molecular formula is C9H14N2O2. The van der Waals surface area contributed by atoms with E-state index in [2.05, 4.69) is 11.1 Å². The number of aliphatic carboxylic acids is 1. The molecule has 1 aromatic rings. The van der Waals surface area contributed by atoms with E-state index in [9.17, 15) is 0 Å². The summed E-state index contributed by atoms with van der Waals surface area (Å²) in [6, 6.07) is 0. The van der Waals surface area contributed by atoms with Gasteiger partial charge in [-0.25, -0.2) is 9.13 Å². The fraction of sp³-hybridized carbons (Fsp3) is 0.333. The van der Waals surface area contributed by atoms with E-state index in [-0.39, 0.29) is 0 Å². The predicted octanol–water partition coefficient (Wildman–Crippen LogP) is -0.745. The molecule has 0 radical (unpaired) electrons. The van der Waals surface area contributed by atoms with Crippen molar-refractivity contribution in [3.63, 3.8) is 0 Å². The number of hydrogen-bond donors (Lipinski definition) is 0. The van der Waals surface area contributed by atoms with Gasteiger partial charge in [0.1, 0.15) is 18.9 Å². The Kier molecular flexibility index (Phi) is 5.27. The van der Waals surface area contributed by atoms with Crippen LogP contribution in [0.1, 0.15) is 6.92 Å². The number of aryl methyl sites for hydroxylation is 1. The lowest BCUT2D eigenvalue weighted by atomic mass is 10.6. The van der Waals surface area contributed by atoms with Gasteiger partial charge in [0.2, 0.25) is 6.33 Å². The van der Waals surface area contributed by atoms with Crippen LogP contribution in [0.2, 0.25) is 0 Å². The molecule has 0 aliphatic rings. The molecule has 1 heterocycles. The molecule has 0 unspecified atom stereocenters. The number of rotatable bonds is 2. The summed E-state index contributed by atoms with van der Waals surface area (Å²) in [5.41, 5.74) is 0. The lowest BCUT2D eigenvalue weighted by molar-refractivity contribution is -0.686. The number of nitrogens with zero attached hydrogens (tertiary/aromatic N) is 2. The number of carboxylic acid groups (broad SMARTS) is 1. The topological polar surface area (TPSA) is 48.9 Å². The molecular weight excluding hydrogens is 168 g/mol. The van der Waals surface area contributed by atoms with Crippen LogP contribution in [0, 0.1) is 0 Å². The maximum atomic E-state index is 8.89. The van der Waals surface area contributed by atoms with Gasteiger partial charge in [0, 0.05) is 5.97 Å². The van der Waals surface area contributed by atoms with Crippen molar-refractivity contribution in [1.29, 1.82) is 0 Å².